The number of nitrogens with two attached hydrogens (primary N) is 1. The second kappa shape index (κ2) is 11.2. The maximum Gasteiger partial charge on any atom is 0.188 e. The molecule has 0 radical (unpaired) electrons. The molecule has 2 aromatic rings. The van der Waals surface area contributed by atoms with Gasteiger partial charge in [-0.05, 0) is 46.5 Å². The number of halogens is 1. The van der Waals surface area contributed by atoms with Crippen molar-refractivity contribution in [1.82, 2.24) is 5.32 Å². The zero-order valence-electron chi connectivity index (χ0n) is 14.8. The summed E-state index contributed by atoms with van der Waals surface area (Å²) in [6.45, 7) is 3.56. The number of nitrogens with zero attached hydrogens (tertiary/aromatic N) is 1. The highest BCUT2D eigenvalue weighted by molar-refractivity contribution is 14.0. The molecule has 1 aromatic heterocycles. The maximum atomic E-state index is 5.94. The number of methoxy groups -OCH3 is 2. The SMILES string of the molecule is COc1ccc(CCNC(N)=NCC(C)c2ccsc2)cc1OC.I. The Balaban J connectivity index is 0.00000312. The first-order valence-electron chi connectivity index (χ1n) is 7.90. The van der Waals surface area contributed by atoms with E-state index in [2.05, 4.69) is 34.1 Å². The van der Waals surface area contributed by atoms with E-state index in [0.29, 0.717) is 18.4 Å². The van der Waals surface area contributed by atoms with E-state index in [1.54, 1.807) is 25.6 Å². The van der Waals surface area contributed by atoms with Gasteiger partial charge in [-0.1, -0.05) is 13.0 Å². The van der Waals surface area contributed by atoms with Crippen LogP contribution < -0.4 is 20.5 Å². The molecule has 25 heavy (non-hydrogen) atoms. The zero-order chi connectivity index (χ0) is 17.4. The largest absolute Gasteiger partial charge is 0.493 e. The van der Waals surface area contributed by atoms with E-state index >= 15 is 0 Å². The van der Waals surface area contributed by atoms with E-state index in [-0.39, 0.29) is 24.0 Å². The van der Waals surface area contributed by atoms with Crippen molar-refractivity contribution in [1.29, 1.82) is 0 Å². The summed E-state index contributed by atoms with van der Waals surface area (Å²) in [5.74, 6) is 2.33. The van der Waals surface area contributed by atoms with Crippen molar-refractivity contribution < 1.29 is 9.47 Å². The van der Waals surface area contributed by atoms with E-state index in [1.165, 1.54) is 5.56 Å². The fourth-order valence-corrected chi connectivity index (χ4v) is 3.11. The average molecular weight is 475 g/mol. The molecule has 0 aliphatic rings. The van der Waals surface area contributed by atoms with Gasteiger partial charge in [0.2, 0.25) is 0 Å². The topological polar surface area (TPSA) is 68.9 Å². The molecule has 3 N–H and O–H groups in total. The summed E-state index contributed by atoms with van der Waals surface area (Å²) in [5.41, 5.74) is 8.40. The number of hydrogen-bond acceptors (Lipinski definition) is 4. The lowest BCUT2D eigenvalue weighted by atomic mass is 10.1. The minimum absolute atomic E-state index is 0. The van der Waals surface area contributed by atoms with Crippen molar-refractivity contribution in [2.75, 3.05) is 27.3 Å². The molecule has 0 spiro atoms. The standard InChI is InChI=1S/C18H25N3O2S.HI/c1-13(15-7-9-24-12-15)11-21-18(19)20-8-6-14-4-5-16(22-2)17(10-14)23-3;/h4-5,7,9-10,12-13H,6,8,11H2,1-3H3,(H3,19,20,21);1H. The van der Waals surface area contributed by atoms with Gasteiger partial charge in [0, 0.05) is 19.0 Å². The van der Waals surface area contributed by atoms with Crippen LogP contribution in [0.1, 0.15) is 24.0 Å². The summed E-state index contributed by atoms with van der Waals surface area (Å²) in [5, 5.41) is 7.39. The third-order valence-corrected chi connectivity index (χ3v) is 4.52. The summed E-state index contributed by atoms with van der Waals surface area (Å²) in [7, 11) is 3.27. The Bertz CT molecular complexity index is 662. The molecule has 1 unspecified atom stereocenters. The molecule has 1 atom stereocenters. The van der Waals surface area contributed by atoms with E-state index in [0.717, 1.165) is 30.0 Å². The number of thiophene rings is 1. The molecule has 0 amide bonds. The monoisotopic (exact) mass is 475 g/mol. The number of guanidine groups is 1. The lowest BCUT2D eigenvalue weighted by Crippen LogP contribution is -2.33. The minimum atomic E-state index is 0. The Morgan fingerprint density at radius 3 is 2.64 bits per heavy atom. The van der Waals surface area contributed by atoms with Crippen molar-refractivity contribution in [3.63, 3.8) is 0 Å². The molecule has 1 heterocycles. The average Bonchev–Trinajstić information content (AvgIpc) is 3.14. The molecule has 0 saturated carbocycles. The number of hydrogen-bond donors (Lipinski definition) is 2. The van der Waals surface area contributed by atoms with Crippen LogP contribution in [0.5, 0.6) is 11.5 Å². The van der Waals surface area contributed by atoms with Gasteiger partial charge in [0.25, 0.3) is 0 Å². The van der Waals surface area contributed by atoms with Crippen LogP contribution in [0.2, 0.25) is 0 Å². The van der Waals surface area contributed by atoms with Crippen LogP contribution >= 0.6 is 35.3 Å². The predicted molar refractivity (Wildman–Crippen MR) is 116 cm³/mol. The van der Waals surface area contributed by atoms with Gasteiger partial charge in [-0.15, -0.1) is 24.0 Å². The van der Waals surface area contributed by atoms with Crippen molar-refractivity contribution >= 4 is 41.3 Å². The zero-order valence-corrected chi connectivity index (χ0v) is 18.0. The van der Waals surface area contributed by atoms with Gasteiger partial charge in [-0.2, -0.15) is 11.3 Å². The van der Waals surface area contributed by atoms with Crippen molar-refractivity contribution in [3.8, 4) is 11.5 Å². The van der Waals surface area contributed by atoms with E-state index in [9.17, 15) is 0 Å². The van der Waals surface area contributed by atoms with E-state index in [4.69, 9.17) is 15.2 Å². The first-order valence-corrected chi connectivity index (χ1v) is 8.85. The highest BCUT2D eigenvalue weighted by atomic mass is 127. The molecule has 5 nitrogen and oxygen atoms in total. The Kier molecular flexibility index (Phi) is 9.66. The Hall–Kier alpha value is -1.48. The fourth-order valence-electron chi connectivity index (χ4n) is 2.32. The van der Waals surface area contributed by atoms with Gasteiger partial charge in [0.15, 0.2) is 17.5 Å². The molecular formula is C18H26IN3O2S. The summed E-state index contributed by atoms with van der Waals surface area (Å²) in [6, 6.07) is 8.04. The second-order valence-electron chi connectivity index (χ2n) is 5.55. The van der Waals surface area contributed by atoms with Crippen LogP contribution in [0.3, 0.4) is 0 Å². The van der Waals surface area contributed by atoms with Crippen molar-refractivity contribution in [3.05, 3.63) is 46.2 Å². The molecule has 138 valence electrons. The Morgan fingerprint density at radius 2 is 2.00 bits per heavy atom. The van der Waals surface area contributed by atoms with Gasteiger partial charge in [-0.25, -0.2) is 0 Å². The molecule has 0 bridgehead atoms. The normalized spacial score (nSPS) is 12.2. The molecule has 1 aromatic carbocycles. The molecule has 7 heteroatoms. The van der Waals surface area contributed by atoms with Gasteiger partial charge < -0.3 is 20.5 Å². The van der Waals surface area contributed by atoms with Crippen LogP contribution in [0, 0.1) is 0 Å². The molecular weight excluding hydrogens is 449 g/mol. The number of aliphatic imine (C=N–C) groups is 1. The number of ether oxygens (including phenoxy) is 2. The summed E-state index contributed by atoms with van der Waals surface area (Å²) in [6.07, 6.45) is 0.830. The summed E-state index contributed by atoms with van der Waals surface area (Å²) >= 11 is 1.70. The third kappa shape index (κ3) is 6.74. The number of nitrogens with one attached hydrogen (secondary N) is 1. The Labute approximate surface area is 170 Å². The lowest BCUT2D eigenvalue weighted by Gasteiger charge is -2.11. The van der Waals surface area contributed by atoms with Crippen LogP contribution in [0.4, 0.5) is 0 Å². The minimum Gasteiger partial charge on any atom is -0.493 e. The molecule has 0 aliphatic carbocycles. The van der Waals surface area contributed by atoms with Crippen LogP contribution in [0.15, 0.2) is 40.0 Å². The number of benzene rings is 1. The lowest BCUT2D eigenvalue weighted by molar-refractivity contribution is 0.354. The van der Waals surface area contributed by atoms with Crippen molar-refractivity contribution in [2.24, 2.45) is 10.7 Å². The quantitative estimate of drug-likeness (QED) is 0.348. The van der Waals surface area contributed by atoms with Crippen LogP contribution in [0.25, 0.3) is 0 Å². The highest BCUT2D eigenvalue weighted by Crippen LogP contribution is 2.27. The molecule has 0 aliphatic heterocycles. The predicted octanol–water partition coefficient (Wildman–Crippen LogP) is 3.63. The smallest absolute Gasteiger partial charge is 0.188 e. The van der Waals surface area contributed by atoms with Gasteiger partial charge in [0.05, 0.1) is 14.2 Å². The molecule has 2 rings (SSSR count). The van der Waals surface area contributed by atoms with Gasteiger partial charge in [0.1, 0.15) is 0 Å². The Morgan fingerprint density at radius 1 is 1.24 bits per heavy atom. The third-order valence-electron chi connectivity index (χ3n) is 3.82. The van der Waals surface area contributed by atoms with Crippen LogP contribution in [-0.2, 0) is 6.42 Å². The van der Waals surface area contributed by atoms with E-state index < -0.39 is 0 Å². The second-order valence-corrected chi connectivity index (χ2v) is 6.33. The van der Waals surface area contributed by atoms with E-state index in [1.807, 2.05) is 18.2 Å². The first-order chi connectivity index (χ1) is 11.6. The highest BCUT2D eigenvalue weighted by Gasteiger charge is 2.06. The van der Waals surface area contributed by atoms with Gasteiger partial charge in [-0.3, -0.25) is 4.99 Å². The van der Waals surface area contributed by atoms with Crippen molar-refractivity contribution in [2.45, 2.75) is 19.3 Å². The van der Waals surface area contributed by atoms with Crippen LogP contribution in [-0.4, -0.2) is 33.3 Å². The number of rotatable bonds is 8. The maximum absolute atomic E-state index is 5.94. The molecule has 0 saturated heterocycles. The first kappa shape index (κ1) is 21.6. The summed E-state index contributed by atoms with van der Waals surface area (Å²) < 4.78 is 10.6. The molecule has 0 fully saturated rings. The summed E-state index contributed by atoms with van der Waals surface area (Å²) in [4.78, 5) is 4.42. The van der Waals surface area contributed by atoms with Gasteiger partial charge >= 0.3 is 0 Å². The fraction of sp³-hybridized carbons (Fsp3) is 0.389.